The number of nitrogens with one attached hydrogen (secondary N) is 3. The van der Waals surface area contributed by atoms with E-state index in [4.69, 9.17) is 0 Å². The van der Waals surface area contributed by atoms with Crippen molar-refractivity contribution >= 4 is 5.69 Å². The van der Waals surface area contributed by atoms with Crippen molar-refractivity contribution in [3.8, 4) is 11.4 Å². The van der Waals surface area contributed by atoms with Crippen LogP contribution in [0.15, 0.2) is 42.7 Å². The van der Waals surface area contributed by atoms with Gasteiger partial charge in [0.1, 0.15) is 5.82 Å². The smallest absolute Gasteiger partial charge is 0.183 e. The van der Waals surface area contributed by atoms with Gasteiger partial charge in [-0.3, -0.25) is 5.10 Å². The topological polar surface area (TPSA) is 69.4 Å². The number of para-hydroxylation sites is 1. The van der Waals surface area contributed by atoms with E-state index in [1.54, 1.807) is 0 Å². The Labute approximate surface area is 111 Å². The lowest BCUT2D eigenvalue weighted by molar-refractivity contribution is 1.04. The molecule has 0 saturated carbocycles. The molecule has 2 aromatic heterocycles. The molecule has 0 aliphatic heterocycles. The van der Waals surface area contributed by atoms with Crippen LogP contribution in [0, 0.1) is 6.92 Å². The number of hydrogen-bond acceptors (Lipinski definition) is 3. The average Bonchev–Trinajstić information content (AvgIpc) is 3.08. The molecule has 0 radical (unpaired) electrons. The van der Waals surface area contributed by atoms with Gasteiger partial charge in [0, 0.05) is 30.2 Å². The predicted molar refractivity (Wildman–Crippen MR) is 74.7 cm³/mol. The number of hydrogen-bond donors (Lipinski definition) is 3. The second-order valence-electron chi connectivity index (χ2n) is 4.36. The Morgan fingerprint density at radius 2 is 2.11 bits per heavy atom. The molecule has 3 N–H and O–H groups in total. The average molecular weight is 253 g/mol. The molecule has 5 heteroatoms. The van der Waals surface area contributed by atoms with Crippen LogP contribution in [0.3, 0.4) is 0 Å². The summed E-state index contributed by atoms with van der Waals surface area (Å²) in [5.74, 6) is 1.53. The molecule has 0 saturated heterocycles. The quantitative estimate of drug-likeness (QED) is 0.669. The van der Waals surface area contributed by atoms with Gasteiger partial charge in [-0.05, 0) is 30.7 Å². The van der Waals surface area contributed by atoms with Gasteiger partial charge in [0.05, 0.1) is 0 Å². The largest absolute Gasteiger partial charge is 0.380 e. The second-order valence-corrected chi connectivity index (χ2v) is 4.36. The molecule has 0 spiro atoms. The van der Waals surface area contributed by atoms with E-state index in [0.717, 1.165) is 29.4 Å². The summed E-state index contributed by atoms with van der Waals surface area (Å²) in [6.07, 6.45) is 3.90. The van der Waals surface area contributed by atoms with Crippen LogP contribution >= 0.6 is 0 Å². The van der Waals surface area contributed by atoms with Crippen LogP contribution < -0.4 is 5.32 Å². The fraction of sp³-hybridized carbons (Fsp3) is 0.143. The van der Waals surface area contributed by atoms with Crippen LogP contribution in [0.25, 0.3) is 11.4 Å². The molecule has 5 nitrogen and oxygen atoms in total. The number of aromatic amines is 2. The minimum absolute atomic E-state index is 0.717. The van der Waals surface area contributed by atoms with Crippen LogP contribution in [0.2, 0.25) is 0 Å². The minimum Gasteiger partial charge on any atom is -0.380 e. The monoisotopic (exact) mass is 253 g/mol. The Morgan fingerprint density at radius 3 is 2.84 bits per heavy atom. The van der Waals surface area contributed by atoms with Gasteiger partial charge in [0.15, 0.2) is 5.82 Å². The fourth-order valence-corrected chi connectivity index (χ4v) is 1.96. The number of benzene rings is 1. The van der Waals surface area contributed by atoms with Crippen LogP contribution in [-0.2, 0) is 6.54 Å². The molecule has 0 fully saturated rings. The first kappa shape index (κ1) is 11.5. The van der Waals surface area contributed by atoms with Crippen LogP contribution in [0.4, 0.5) is 5.69 Å². The molecular weight excluding hydrogens is 238 g/mol. The maximum absolute atomic E-state index is 4.37. The minimum atomic E-state index is 0.717. The van der Waals surface area contributed by atoms with E-state index in [1.807, 2.05) is 49.6 Å². The summed E-state index contributed by atoms with van der Waals surface area (Å²) in [6, 6.07) is 10.1. The van der Waals surface area contributed by atoms with Crippen molar-refractivity contribution in [2.75, 3.05) is 5.32 Å². The van der Waals surface area contributed by atoms with E-state index in [9.17, 15) is 0 Å². The number of rotatable bonds is 4. The first-order valence-electron chi connectivity index (χ1n) is 6.17. The van der Waals surface area contributed by atoms with Gasteiger partial charge in [-0.15, -0.1) is 0 Å². The second kappa shape index (κ2) is 4.97. The zero-order valence-corrected chi connectivity index (χ0v) is 10.6. The van der Waals surface area contributed by atoms with E-state index >= 15 is 0 Å². The zero-order chi connectivity index (χ0) is 13.1. The van der Waals surface area contributed by atoms with E-state index < -0.39 is 0 Å². The van der Waals surface area contributed by atoms with E-state index in [-0.39, 0.29) is 0 Å². The molecule has 3 rings (SSSR count). The Kier molecular flexibility index (Phi) is 3.02. The standard InChI is InChI=1S/C14H15N5/c1-10-17-14(19-18-10)12-4-2-3-5-13(12)16-9-11-6-7-15-8-11/h2-8,15-16H,9H2,1H3,(H,17,18,19). The molecule has 19 heavy (non-hydrogen) atoms. The van der Waals surface area contributed by atoms with Gasteiger partial charge in [0.25, 0.3) is 0 Å². The van der Waals surface area contributed by atoms with Gasteiger partial charge in [-0.1, -0.05) is 12.1 Å². The molecule has 96 valence electrons. The summed E-state index contributed by atoms with van der Waals surface area (Å²) in [5, 5.41) is 10.5. The third-order valence-electron chi connectivity index (χ3n) is 2.91. The van der Waals surface area contributed by atoms with Gasteiger partial charge >= 0.3 is 0 Å². The third-order valence-corrected chi connectivity index (χ3v) is 2.91. The molecule has 0 atom stereocenters. The van der Waals surface area contributed by atoms with Crippen molar-refractivity contribution in [2.24, 2.45) is 0 Å². The highest BCUT2D eigenvalue weighted by molar-refractivity contribution is 5.73. The van der Waals surface area contributed by atoms with E-state index in [1.165, 1.54) is 5.56 Å². The van der Waals surface area contributed by atoms with Crippen molar-refractivity contribution < 1.29 is 0 Å². The predicted octanol–water partition coefficient (Wildman–Crippen LogP) is 2.72. The lowest BCUT2D eigenvalue weighted by Crippen LogP contribution is -2.00. The lowest BCUT2D eigenvalue weighted by atomic mass is 10.1. The number of aryl methyl sites for hydroxylation is 1. The van der Waals surface area contributed by atoms with Crippen LogP contribution in [-0.4, -0.2) is 20.2 Å². The van der Waals surface area contributed by atoms with E-state index in [2.05, 4.69) is 25.5 Å². The third kappa shape index (κ3) is 2.49. The Hall–Kier alpha value is -2.56. The molecule has 2 heterocycles. The molecule has 0 unspecified atom stereocenters. The van der Waals surface area contributed by atoms with Gasteiger partial charge in [-0.2, -0.15) is 5.10 Å². The molecule has 1 aromatic carbocycles. The first-order valence-corrected chi connectivity index (χ1v) is 6.17. The number of anilines is 1. The molecule has 0 aliphatic carbocycles. The highest BCUT2D eigenvalue weighted by Gasteiger charge is 2.08. The summed E-state index contributed by atoms with van der Waals surface area (Å²) in [6.45, 7) is 2.66. The zero-order valence-electron chi connectivity index (χ0n) is 10.6. The molecule has 3 aromatic rings. The SMILES string of the molecule is Cc1nc(-c2ccccc2NCc2cc[nH]c2)n[nH]1. The van der Waals surface area contributed by atoms with Crippen molar-refractivity contribution in [1.82, 2.24) is 20.2 Å². The first-order chi connectivity index (χ1) is 9.33. The summed E-state index contributed by atoms with van der Waals surface area (Å²) >= 11 is 0. The summed E-state index contributed by atoms with van der Waals surface area (Å²) < 4.78 is 0. The van der Waals surface area contributed by atoms with E-state index in [0.29, 0.717) is 0 Å². The number of H-pyrrole nitrogens is 2. The van der Waals surface area contributed by atoms with Gasteiger partial charge < -0.3 is 10.3 Å². The van der Waals surface area contributed by atoms with Crippen molar-refractivity contribution in [2.45, 2.75) is 13.5 Å². The van der Waals surface area contributed by atoms with Gasteiger partial charge in [-0.25, -0.2) is 4.98 Å². The number of aromatic nitrogens is 4. The summed E-state index contributed by atoms with van der Waals surface area (Å²) in [7, 11) is 0. The number of nitrogens with zero attached hydrogens (tertiary/aromatic N) is 2. The summed E-state index contributed by atoms with van der Waals surface area (Å²) in [5.41, 5.74) is 3.24. The Morgan fingerprint density at radius 1 is 1.21 bits per heavy atom. The molecule has 0 aliphatic rings. The fourth-order valence-electron chi connectivity index (χ4n) is 1.96. The Bertz CT molecular complexity index is 654. The lowest BCUT2D eigenvalue weighted by Gasteiger charge is -2.08. The molecule has 0 bridgehead atoms. The highest BCUT2D eigenvalue weighted by atomic mass is 15.2. The highest BCUT2D eigenvalue weighted by Crippen LogP contribution is 2.25. The maximum Gasteiger partial charge on any atom is 0.183 e. The van der Waals surface area contributed by atoms with Crippen LogP contribution in [0.5, 0.6) is 0 Å². The molecular formula is C14H15N5. The van der Waals surface area contributed by atoms with Crippen molar-refractivity contribution in [3.05, 3.63) is 54.1 Å². The summed E-state index contributed by atoms with van der Waals surface area (Å²) in [4.78, 5) is 7.42. The van der Waals surface area contributed by atoms with Gasteiger partial charge in [0.2, 0.25) is 0 Å². The van der Waals surface area contributed by atoms with Crippen molar-refractivity contribution in [1.29, 1.82) is 0 Å². The molecule has 0 amide bonds. The maximum atomic E-state index is 4.37. The Balaban J connectivity index is 1.85. The van der Waals surface area contributed by atoms with Crippen LogP contribution in [0.1, 0.15) is 11.4 Å². The normalized spacial score (nSPS) is 10.6. The van der Waals surface area contributed by atoms with Crippen molar-refractivity contribution in [3.63, 3.8) is 0 Å².